The molecule has 0 saturated carbocycles. The molecule has 0 spiro atoms. The molecule has 2 heterocycles. The lowest BCUT2D eigenvalue weighted by molar-refractivity contribution is 0.0832. The summed E-state index contributed by atoms with van der Waals surface area (Å²) < 4.78 is 11.0. The number of methoxy groups -OCH3 is 1. The number of benzene rings is 2. The van der Waals surface area contributed by atoms with Crippen LogP contribution in [-0.4, -0.2) is 61.2 Å². The summed E-state index contributed by atoms with van der Waals surface area (Å²) in [5.74, 6) is 0.633. The van der Waals surface area contributed by atoms with E-state index in [2.05, 4.69) is 75.4 Å². The van der Waals surface area contributed by atoms with Crippen LogP contribution in [0.1, 0.15) is 29.2 Å². The fourth-order valence-electron chi connectivity index (χ4n) is 4.36. The van der Waals surface area contributed by atoms with Crippen LogP contribution in [-0.2, 0) is 11.3 Å². The number of piperazine rings is 1. The van der Waals surface area contributed by atoms with Crippen LogP contribution < -0.4 is 4.74 Å². The molecule has 0 unspecified atom stereocenters. The Balaban J connectivity index is 1.23. The zero-order valence-electron chi connectivity index (χ0n) is 18.9. The Kier molecular flexibility index (Phi) is 8.26. The highest BCUT2D eigenvalue weighted by Gasteiger charge is 2.26. The van der Waals surface area contributed by atoms with Gasteiger partial charge < -0.3 is 14.4 Å². The molecule has 2 aromatic carbocycles. The number of rotatable bonds is 10. The van der Waals surface area contributed by atoms with Crippen molar-refractivity contribution < 1.29 is 9.47 Å². The van der Waals surface area contributed by atoms with Gasteiger partial charge in [-0.1, -0.05) is 60.7 Å². The van der Waals surface area contributed by atoms with E-state index in [0.717, 1.165) is 51.3 Å². The summed E-state index contributed by atoms with van der Waals surface area (Å²) >= 11 is 0. The summed E-state index contributed by atoms with van der Waals surface area (Å²) in [6, 6.07) is 26.0. The highest BCUT2D eigenvalue weighted by Crippen LogP contribution is 2.29. The van der Waals surface area contributed by atoms with Gasteiger partial charge in [-0.2, -0.15) is 0 Å². The summed E-state index contributed by atoms with van der Waals surface area (Å²) in [5.41, 5.74) is 3.83. The number of ether oxygens (including phenoxy) is 2. The smallest absolute Gasteiger partial charge is 0.213 e. The van der Waals surface area contributed by atoms with Gasteiger partial charge in [0, 0.05) is 51.6 Å². The molecule has 1 aliphatic heterocycles. The minimum atomic E-state index is 0.320. The van der Waals surface area contributed by atoms with Crippen molar-refractivity contribution in [2.24, 2.45) is 0 Å². The predicted octanol–water partition coefficient (Wildman–Crippen LogP) is 4.40. The number of hydrogen-bond acceptors (Lipinski definition) is 5. The summed E-state index contributed by atoms with van der Waals surface area (Å²) in [5, 5.41) is 0. The first-order chi connectivity index (χ1) is 15.8. The second-order valence-corrected chi connectivity index (χ2v) is 8.21. The van der Waals surface area contributed by atoms with Gasteiger partial charge in [-0.25, -0.2) is 4.98 Å². The predicted molar refractivity (Wildman–Crippen MR) is 128 cm³/mol. The van der Waals surface area contributed by atoms with Crippen LogP contribution in [0.2, 0.25) is 0 Å². The molecule has 1 aromatic heterocycles. The fraction of sp³-hybridized carbons (Fsp3) is 0.370. The summed E-state index contributed by atoms with van der Waals surface area (Å²) in [6.07, 6.45) is 2.80. The monoisotopic (exact) mass is 431 g/mol. The van der Waals surface area contributed by atoms with Crippen LogP contribution in [0.25, 0.3) is 0 Å². The maximum absolute atomic E-state index is 5.86. The molecule has 0 aliphatic carbocycles. The highest BCUT2D eigenvalue weighted by molar-refractivity contribution is 5.32. The van der Waals surface area contributed by atoms with E-state index in [-0.39, 0.29) is 0 Å². The van der Waals surface area contributed by atoms with Crippen LogP contribution in [0.5, 0.6) is 5.88 Å². The Morgan fingerprint density at radius 2 is 1.53 bits per heavy atom. The molecular weight excluding hydrogens is 398 g/mol. The Hall–Kier alpha value is -2.73. The van der Waals surface area contributed by atoms with Crippen LogP contribution in [0.3, 0.4) is 0 Å². The lowest BCUT2D eigenvalue weighted by Gasteiger charge is -2.39. The van der Waals surface area contributed by atoms with Crippen molar-refractivity contribution in [3.05, 3.63) is 95.7 Å². The van der Waals surface area contributed by atoms with Crippen molar-refractivity contribution in [3.63, 3.8) is 0 Å². The zero-order valence-corrected chi connectivity index (χ0v) is 18.9. The number of hydrogen-bond donors (Lipinski definition) is 0. The Morgan fingerprint density at radius 1 is 0.875 bits per heavy atom. The van der Waals surface area contributed by atoms with E-state index >= 15 is 0 Å². The SMILES string of the molecule is COc1cc(COCCCN2CCN(C(c3ccccc3)c3ccccc3)CC2)ccn1. The van der Waals surface area contributed by atoms with Gasteiger partial charge in [0.25, 0.3) is 0 Å². The van der Waals surface area contributed by atoms with Gasteiger partial charge in [-0.15, -0.1) is 0 Å². The van der Waals surface area contributed by atoms with Crippen molar-refractivity contribution in [1.82, 2.24) is 14.8 Å². The highest BCUT2D eigenvalue weighted by atomic mass is 16.5. The molecule has 4 rings (SSSR count). The van der Waals surface area contributed by atoms with Crippen molar-refractivity contribution in [2.75, 3.05) is 46.4 Å². The first-order valence-corrected chi connectivity index (χ1v) is 11.5. The Morgan fingerprint density at radius 3 is 2.16 bits per heavy atom. The second-order valence-electron chi connectivity index (χ2n) is 8.21. The normalized spacial score (nSPS) is 15.2. The van der Waals surface area contributed by atoms with E-state index < -0.39 is 0 Å². The zero-order chi connectivity index (χ0) is 22.0. The van der Waals surface area contributed by atoms with E-state index in [9.17, 15) is 0 Å². The second kappa shape index (κ2) is 11.8. The van der Waals surface area contributed by atoms with Gasteiger partial charge in [-0.3, -0.25) is 4.90 Å². The summed E-state index contributed by atoms with van der Waals surface area (Å²) in [6.45, 7) is 6.78. The minimum Gasteiger partial charge on any atom is -0.481 e. The Labute approximate surface area is 191 Å². The molecule has 1 saturated heterocycles. The van der Waals surface area contributed by atoms with Gasteiger partial charge in [0.15, 0.2) is 0 Å². The molecule has 168 valence electrons. The molecular formula is C27H33N3O2. The summed E-state index contributed by atoms with van der Waals surface area (Å²) in [4.78, 5) is 9.31. The van der Waals surface area contributed by atoms with E-state index in [0.29, 0.717) is 18.5 Å². The molecule has 0 radical (unpaired) electrons. The molecule has 0 amide bonds. The van der Waals surface area contributed by atoms with Crippen LogP contribution in [0.15, 0.2) is 79.0 Å². The average molecular weight is 432 g/mol. The third-order valence-electron chi connectivity index (χ3n) is 6.04. The molecule has 1 fully saturated rings. The molecule has 1 aliphatic rings. The molecule has 3 aromatic rings. The summed E-state index contributed by atoms with van der Waals surface area (Å²) in [7, 11) is 1.63. The quantitative estimate of drug-likeness (QED) is 0.445. The third kappa shape index (κ3) is 6.16. The maximum Gasteiger partial charge on any atom is 0.213 e. The van der Waals surface area contributed by atoms with E-state index in [4.69, 9.17) is 9.47 Å². The minimum absolute atomic E-state index is 0.320. The average Bonchev–Trinajstić information content (AvgIpc) is 2.86. The van der Waals surface area contributed by atoms with Crippen molar-refractivity contribution >= 4 is 0 Å². The fourth-order valence-corrected chi connectivity index (χ4v) is 4.36. The molecule has 5 nitrogen and oxygen atoms in total. The number of pyridine rings is 1. The molecule has 0 N–H and O–H groups in total. The van der Waals surface area contributed by atoms with Gasteiger partial charge >= 0.3 is 0 Å². The lowest BCUT2D eigenvalue weighted by atomic mass is 9.96. The number of aromatic nitrogens is 1. The topological polar surface area (TPSA) is 37.8 Å². The molecule has 32 heavy (non-hydrogen) atoms. The molecule has 0 bridgehead atoms. The molecule has 0 atom stereocenters. The maximum atomic E-state index is 5.86. The molecule has 5 heteroatoms. The van der Waals surface area contributed by atoms with Gasteiger partial charge in [0.05, 0.1) is 19.8 Å². The first-order valence-electron chi connectivity index (χ1n) is 11.5. The van der Waals surface area contributed by atoms with Crippen LogP contribution >= 0.6 is 0 Å². The van der Waals surface area contributed by atoms with Gasteiger partial charge in [-0.05, 0) is 29.2 Å². The van der Waals surface area contributed by atoms with Crippen molar-refractivity contribution in [2.45, 2.75) is 19.1 Å². The van der Waals surface area contributed by atoms with Crippen LogP contribution in [0, 0.1) is 0 Å². The first kappa shape index (κ1) is 22.5. The third-order valence-corrected chi connectivity index (χ3v) is 6.04. The standard InChI is InChI=1S/C27H33N3O2/c1-31-26-21-23(13-14-28-26)22-32-20-8-15-29-16-18-30(19-17-29)27(24-9-4-2-5-10-24)25-11-6-3-7-12-25/h2-7,9-14,21,27H,8,15-20,22H2,1H3. The van der Waals surface area contributed by atoms with E-state index in [1.54, 1.807) is 13.3 Å². The van der Waals surface area contributed by atoms with Gasteiger partial charge in [0.2, 0.25) is 5.88 Å². The Bertz CT molecular complexity index is 888. The van der Waals surface area contributed by atoms with E-state index in [1.165, 1.54) is 11.1 Å². The lowest BCUT2D eigenvalue weighted by Crippen LogP contribution is -2.48. The van der Waals surface area contributed by atoms with Crippen molar-refractivity contribution in [1.29, 1.82) is 0 Å². The van der Waals surface area contributed by atoms with Gasteiger partial charge in [0.1, 0.15) is 0 Å². The van der Waals surface area contributed by atoms with Crippen molar-refractivity contribution in [3.8, 4) is 5.88 Å². The largest absolute Gasteiger partial charge is 0.481 e. The van der Waals surface area contributed by atoms with E-state index in [1.807, 2.05) is 12.1 Å². The van der Waals surface area contributed by atoms with Crippen LogP contribution in [0.4, 0.5) is 0 Å². The number of nitrogens with zero attached hydrogens (tertiary/aromatic N) is 3.